The summed E-state index contributed by atoms with van der Waals surface area (Å²) in [5.41, 5.74) is 6.77. The predicted molar refractivity (Wildman–Crippen MR) is 60.3 cm³/mol. The Balaban J connectivity index is 3.11. The molecule has 0 amide bonds. The molecule has 0 saturated heterocycles. The largest absolute Gasteiger partial charge is 0.496 e. The van der Waals surface area contributed by atoms with Gasteiger partial charge in [-0.2, -0.15) is 0 Å². The van der Waals surface area contributed by atoms with Crippen molar-refractivity contribution in [3.8, 4) is 5.75 Å². The van der Waals surface area contributed by atoms with Gasteiger partial charge in [-0.1, -0.05) is 12.1 Å². The van der Waals surface area contributed by atoms with E-state index in [0.29, 0.717) is 17.9 Å². The van der Waals surface area contributed by atoms with Crippen LogP contribution in [0.5, 0.6) is 5.75 Å². The van der Waals surface area contributed by atoms with Gasteiger partial charge in [-0.15, -0.1) is 0 Å². The summed E-state index contributed by atoms with van der Waals surface area (Å²) in [6.07, 6.45) is 2.66. The second-order valence-electron chi connectivity index (χ2n) is 3.28. The van der Waals surface area contributed by atoms with Gasteiger partial charge in [-0.3, -0.25) is 0 Å². The van der Waals surface area contributed by atoms with Crippen molar-refractivity contribution >= 4 is 5.57 Å². The number of hydrogen-bond donors (Lipinski definition) is 1. The van der Waals surface area contributed by atoms with Crippen LogP contribution in [0.15, 0.2) is 24.3 Å². The van der Waals surface area contributed by atoms with Gasteiger partial charge in [0.25, 0.3) is 0 Å². The molecule has 0 aliphatic rings. The minimum absolute atomic E-state index is 0.264. The van der Waals surface area contributed by atoms with E-state index in [1.165, 1.54) is 13.2 Å². The predicted octanol–water partition coefficient (Wildman–Crippen LogP) is 2.59. The Hall–Kier alpha value is -1.35. The zero-order valence-corrected chi connectivity index (χ0v) is 9.09. The lowest BCUT2D eigenvalue weighted by Gasteiger charge is -2.09. The average molecular weight is 209 g/mol. The molecule has 0 unspecified atom stereocenters. The van der Waals surface area contributed by atoms with Crippen LogP contribution in [0.3, 0.4) is 0 Å². The topological polar surface area (TPSA) is 35.2 Å². The van der Waals surface area contributed by atoms with E-state index >= 15 is 0 Å². The molecule has 0 aliphatic carbocycles. The Morgan fingerprint density at radius 1 is 1.53 bits per heavy atom. The van der Waals surface area contributed by atoms with E-state index in [0.717, 1.165) is 12.0 Å². The molecule has 0 aromatic heterocycles. The Morgan fingerprint density at radius 3 is 2.87 bits per heavy atom. The van der Waals surface area contributed by atoms with E-state index in [4.69, 9.17) is 10.5 Å². The number of hydrogen-bond acceptors (Lipinski definition) is 2. The molecule has 0 fully saturated rings. The molecule has 2 N–H and O–H groups in total. The number of ether oxygens (including phenoxy) is 1. The van der Waals surface area contributed by atoms with Gasteiger partial charge in [0.2, 0.25) is 0 Å². The lowest BCUT2D eigenvalue weighted by Crippen LogP contribution is -1.97. The Morgan fingerprint density at radius 2 is 2.27 bits per heavy atom. The second-order valence-corrected chi connectivity index (χ2v) is 3.28. The molecule has 0 aliphatic heterocycles. The summed E-state index contributed by atoms with van der Waals surface area (Å²) >= 11 is 0. The number of benzene rings is 1. The monoisotopic (exact) mass is 209 g/mol. The fourth-order valence-corrected chi connectivity index (χ4v) is 1.46. The van der Waals surface area contributed by atoms with Gasteiger partial charge < -0.3 is 10.5 Å². The van der Waals surface area contributed by atoms with Crippen molar-refractivity contribution in [2.75, 3.05) is 13.7 Å². The third-order valence-corrected chi connectivity index (χ3v) is 2.21. The molecular weight excluding hydrogens is 193 g/mol. The van der Waals surface area contributed by atoms with Crippen molar-refractivity contribution in [2.24, 2.45) is 5.73 Å². The number of rotatable bonds is 4. The van der Waals surface area contributed by atoms with Gasteiger partial charge in [0.05, 0.1) is 12.7 Å². The molecule has 0 atom stereocenters. The highest BCUT2D eigenvalue weighted by atomic mass is 19.1. The van der Waals surface area contributed by atoms with Crippen LogP contribution in [0.25, 0.3) is 5.57 Å². The molecule has 0 saturated carbocycles. The third kappa shape index (κ3) is 2.80. The van der Waals surface area contributed by atoms with Crippen molar-refractivity contribution in [2.45, 2.75) is 13.3 Å². The molecule has 15 heavy (non-hydrogen) atoms. The summed E-state index contributed by atoms with van der Waals surface area (Å²) in [6.45, 7) is 2.42. The molecular formula is C12H16FNO. The molecule has 0 bridgehead atoms. The molecule has 1 aromatic carbocycles. The summed E-state index contributed by atoms with van der Waals surface area (Å²) in [4.78, 5) is 0. The highest BCUT2D eigenvalue weighted by Gasteiger charge is 2.09. The fourth-order valence-electron chi connectivity index (χ4n) is 1.46. The number of methoxy groups -OCH3 is 1. The molecule has 3 heteroatoms. The first-order valence-corrected chi connectivity index (χ1v) is 4.90. The minimum atomic E-state index is -0.264. The number of nitrogens with two attached hydrogens (primary N) is 1. The lowest BCUT2D eigenvalue weighted by atomic mass is 10.0. The van der Waals surface area contributed by atoms with Crippen molar-refractivity contribution in [1.82, 2.24) is 0 Å². The molecule has 0 radical (unpaired) electrons. The first-order valence-electron chi connectivity index (χ1n) is 4.90. The molecule has 0 heterocycles. The van der Waals surface area contributed by atoms with Crippen LogP contribution in [0.4, 0.5) is 4.39 Å². The smallest absolute Gasteiger partial charge is 0.134 e. The molecule has 1 rings (SSSR count). The Labute approximate surface area is 89.6 Å². The molecule has 82 valence electrons. The van der Waals surface area contributed by atoms with Crippen molar-refractivity contribution in [1.29, 1.82) is 0 Å². The van der Waals surface area contributed by atoms with Gasteiger partial charge in [-0.25, -0.2) is 4.39 Å². The maximum atomic E-state index is 13.6. The van der Waals surface area contributed by atoms with Crippen LogP contribution in [-0.4, -0.2) is 13.7 Å². The lowest BCUT2D eigenvalue weighted by molar-refractivity contribution is 0.409. The van der Waals surface area contributed by atoms with Crippen molar-refractivity contribution in [3.63, 3.8) is 0 Å². The first kappa shape index (κ1) is 11.7. The highest BCUT2D eigenvalue weighted by Crippen LogP contribution is 2.28. The molecule has 1 aromatic rings. The maximum absolute atomic E-state index is 13.6. The van der Waals surface area contributed by atoms with Crippen molar-refractivity contribution < 1.29 is 9.13 Å². The van der Waals surface area contributed by atoms with E-state index < -0.39 is 0 Å². The van der Waals surface area contributed by atoms with E-state index in [9.17, 15) is 4.39 Å². The Bertz CT molecular complexity index is 361. The zero-order chi connectivity index (χ0) is 11.3. The zero-order valence-electron chi connectivity index (χ0n) is 9.09. The minimum Gasteiger partial charge on any atom is -0.496 e. The van der Waals surface area contributed by atoms with Crippen LogP contribution in [0.2, 0.25) is 0 Å². The highest BCUT2D eigenvalue weighted by molar-refractivity contribution is 5.69. The van der Waals surface area contributed by atoms with Crippen LogP contribution >= 0.6 is 0 Å². The van der Waals surface area contributed by atoms with E-state index in [1.54, 1.807) is 12.1 Å². The summed E-state index contributed by atoms with van der Waals surface area (Å²) in [5.74, 6) is 0.292. The van der Waals surface area contributed by atoms with E-state index in [2.05, 4.69) is 0 Å². The standard InChI is InChI=1S/C12H16FNO/c1-9(5-4-8-14)12-10(13)6-3-7-11(12)15-2/h3,5-7H,4,8,14H2,1-2H3/b9-5+. The molecule has 0 spiro atoms. The van der Waals surface area contributed by atoms with Gasteiger partial charge in [-0.05, 0) is 37.6 Å². The normalized spacial score (nSPS) is 11.6. The average Bonchev–Trinajstić information content (AvgIpc) is 2.25. The summed E-state index contributed by atoms with van der Waals surface area (Å²) in [5, 5.41) is 0. The van der Waals surface area contributed by atoms with Gasteiger partial charge >= 0.3 is 0 Å². The SMILES string of the molecule is COc1cccc(F)c1/C(C)=C/CCN. The summed E-state index contributed by atoms with van der Waals surface area (Å²) < 4.78 is 18.7. The maximum Gasteiger partial charge on any atom is 0.134 e. The Kier molecular flexibility index (Phi) is 4.31. The molecule has 2 nitrogen and oxygen atoms in total. The van der Waals surface area contributed by atoms with Gasteiger partial charge in [0.1, 0.15) is 11.6 Å². The van der Waals surface area contributed by atoms with E-state index in [-0.39, 0.29) is 5.82 Å². The van der Waals surface area contributed by atoms with Gasteiger partial charge in [0.15, 0.2) is 0 Å². The van der Waals surface area contributed by atoms with Crippen LogP contribution in [-0.2, 0) is 0 Å². The van der Waals surface area contributed by atoms with Gasteiger partial charge in [0, 0.05) is 0 Å². The first-order chi connectivity index (χ1) is 7.20. The third-order valence-electron chi connectivity index (χ3n) is 2.21. The van der Waals surface area contributed by atoms with Crippen molar-refractivity contribution in [3.05, 3.63) is 35.7 Å². The number of halogens is 1. The van der Waals surface area contributed by atoms with Crippen LogP contribution in [0, 0.1) is 5.82 Å². The number of allylic oxidation sites excluding steroid dienone is 1. The summed E-state index contributed by atoms with van der Waals surface area (Å²) in [6, 6.07) is 4.81. The van der Waals surface area contributed by atoms with Crippen LogP contribution < -0.4 is 10.5 Å². The fraction of sp³-hybridized carbons (Fsp3) is 0.333. The second kappa shape index (κ2) is 5.51. The van der Waals surface area contributed by atoms with Crippen LogP contribution in [0.1, 0.15) is 18.9 Å². The quantitative estimate of drug-likeness (QED) is 0.827. The van der Waals surface area contributed by atoms with E-state index in [1.807, 2.05) is 13.0 Å². The summed E-state index contributed by atoms with van der Waals surface area (Å²) in [7, 11) is 1.54.